The van der Waals surface area contributed by atoms with Crippen molar-refractivity contribution in [3.8, 4) is 0 Å². The summed E-state index contributed by atoms with van der Waals surface area (Å²) < 4.78 is 1.80. The van der Waals surface area contributed by atoms with E-state index in [9.17, 15) is 0 Å². The molecule has 2 atom stereocenters. The molecule has 1 aromatic heterocycles. The first kappa shape index (κ1) is 9.79. The lowest BCUT2D eigenvalue weighted by atomic mass is 10.3. The first-order valence-corrected chi connectivity index (χ1v) is 5.63. The molecule has 1 fully saturated rings. The summed E-state index contributed by atoms with van der Waals surface area (Å²) >= 11 is 1.69. The molecule has 0 bridgehead atoms. The van der Waals surface area contributed by atoms with Gasteiger partial charge < -0.3 is 11.5 Å². The Balaban J connectivity index is 2.07. The van der Waals surface area contributed by atoms with Gasteiger partial charge in [-0.15, -0.1) is 10.2 Å². The lowest BCUT2D eigenvalue weighted by Gasteiger charge is -2.13. The van der Waals surface area contributed by atoms with E-state index in [0.29, 0.717) is 11.2 Å². The molecule has 0 radical (unpaired) electrons. The van der Waals surface area contributed by atoms with Gasteiger partial charge in [-0.25, -0.2) is 0 Å². The highest BCUT2D eigenvalue weighted by Gasteiger charge is 2.26. The van der Waals surface area contributed by atoms with Gasteiger partial charge in [0.2, 0.25) is 5.95 Å². The van der Waals surface area contributed by atoms with Crippen LogP contribution in [0.3, 0.4) is 0 Å². The second-order valence-corrected chi connectivity index (χ2v) is 4.86. The number of nitrogens with two attached hydrogens (primary N) is 2. The Hall–Kier alpha value is -0.750. The molecule has 1 aliphatic carbocycles. The Morgan fingerprint density at radius 1 is 1.43 bits per heavy atom. The molecular weight excluding hydrogens is 198 g/mol. The zero-order valence-corrected chi connectivity index (χ0v) is 9.00. The quantitative estimate of drug-likeness (QED) is 0.741. The zero-order chi connectivity index (χ0) is 10.1. The van der Waals surface area contributed by atoms with Gasteiger partial charge in [0.25, 0.3) is 0 Å². The Bertz CT molecular complexity index is 324. The van der Waals surface area contributed by atoms with Crippen molar-refractivity contribution in [3.63, 3.8) is 0 Å². The second-order valence-electron chi connectivity index (χ2n) is 3.65. The first-order valence-electron chi connectivity index (χ1n) is 4.75. The summed E-state index contributed by atoms with van der Waals surface area (Å²) in [5.74, 6) is 0.457. The van der Waals surface area contributed by atoms with Crippen molar-refractivity contribution in [3.05, 3.63) is 0 Å². The van der Waals surface area contributed by atoms with E-state index in [0.717, 1.165) is 11.6 Å². The minimum atomic E-state index is 0.290. The fourth-order valence-corrected chi connectivity index (χ4v) is 2.87. The second kappa shape index (κ2) is 3.78. The SMILES string of the molecule is Cn1c(N)nnc1SC1CCCC1N. The van der Waals surface area contributed by atoms with E-state index >= 15 is 0 Å². The van der Waals surface area contributed by atoms with Gasteiger partial charge in [-0.2, -0.15) is 0 Å². The fraction of sp³-hybridized carbons (Fsp3) is 0.750. The van der Waals surface area contributed by atoms with E-state index < -0.39 is 0 Å². The summed E-state index contributed by atoms with van der Waals surface area (Å²) in [6, 6.07) is 0.290. The molecule has 0 aliphatic heterocycles. The summed E-state index contributed by atoms with van der Waals surface area (Å²) in [6.07, 6.45) is 3.50. The van der Waals surface area contributed by atoms with E-state index in [-0.39, 0.29) is 6.04 Å². The first-order chi connectivity index (χ1) is 6.68. The predicted octanol–water partition coefficient (Wildman–Crippen LogP) is 0.369. The lowest BCUT2D eigenvalue weighted by Crippen LogP contribution is -2.26. The van der Waals surface area contributed by atoms with Crippen LogP contribution in [0.5, 0.6) is 0 Å². The topological polar surface area (TPSA) is 82.8 Å². The van der Waals surface area contributed by atoms with Crippen LogP contribution in [0.2, 0.25) is 0 Å². The summed E-state index contributed by atoms with van der Waals surface area (Å²) in [6.45, 7) is 0. The third-order valence-corrected chi connectivity index (χ3v) is 4.08. The maximum Gasteiger partial charge on any atom is 0.222 e. The van der Waals surface area contributed by atoms with Crippen molar-refractivity contribution < 1.29 is 0 Å². The molecule has 0 amide bonds. The number of thioether (sulfide) groups is 1. The van der Waals surface area contributed by atoms with E-state index in [2.05, 4.69) is 10.2 Å². The molecule has 0 saturated heterocycles. The average Bonchev–Trinajstić information content (AvgIpc) is 2.68. The third kappa shape index (κ3) is 1.72. The largest absolute Gasteiger partial charge is 0.368 e. The lowest BCUT2D eigenvalue weighted by molar-refractivity contribution is 0.708. The van der Waals surface area contributed by atoms with Crippen molar-refractivity contribution >= 4 is 17.7 Å². The van der Waals surface area contributed by atoms with Gasteiger partial charge in [0.05, 0.1) is 0 Å². The standard InChI is InChI=1S/C8H15N5S/c1-13-7(10)11-12-8(13)14-6-4-2-3-5(6)9/h5-6H,2-4,9H2,1H3,(H2,10,11). The van der Waals surface area contributed by atoms with Gasteiger partial charge in [0.15, 0.2) is 5.16 Å². The Kier molecular flexibility index (Phi) is 2.64. The molecule has 1 saturated carbocycles. The van der Waals surface area contributed by atoms with Crippen molar-refractivity contribution in [1.29, 1.82) is 0 Å². The molecule has 1 heterocycles. The summed E-state index contributed by atoms with van der Waals surface area (Å²) in [5.41, 5.74) is 11.6. The van der Waals surface area contributed by atoms with Crippen molar-refractivity contribution in [1.82, 2.24) is 14.8 Å². The van der Waals surface area contributed by atoms with Gasteiger partial charge in [-0.3, -0.25) is 4.57 Å². The van der Waals surface area contributed by atoms with Crippen LogP contribution in [0, 0.1) is 0 Å². The molecule has 5 nitrogen and oxygen atoms in total. The highest BCUT2D eigenvalue weighted by atomic mass is 32.2. The van der Waals surface area contributed by atoms with Gasteiger partial charge in [0.1, 0.15) is 0 Å². The Labute approximate surface area is 87.2 Å². The van der Waals surface area contributed by atoms with Crippen LogP contribution in [0.15, 0.2) is 5.16 Å². The molecule has 0 aromatic carbocycles. The highest BCUT2D eigenvalue weighted by Crippen LogP contribution is 2.33. The number of hydrogen-bond acceptors (Lipinski definition) is 5. The fourth-order valence-electron chi connectivity index (χ4n) is 1.67. The van der Waals surface area contributed by atoms with Crippen LogP contribution in [0.25, 0.3) is 0 Å². The van der Waals surface area contributed by atoms with Crippen molar-refractivity contribution in [2.24, 2.45) is 12.8 Å². The molecular formula is C8H15N5S. The number of anilines is 1. The van der Waals surface area contributed by atoms with Crippen molar-refractivity contribution in [2.75, 3.05) is 5.73 Å². The van der Waals surface area contributed by atoms with Crippen LogP contribution in [0.1, 0.15) is 19.3 Å². The van der Waals surface area contributed by atoms with Crippen LogP contribution < -0.4 is 11.5 Å². The minimum absolute atomic E-state index is 0.290. The Morgan fingerprint density at radius 2 is 2.21 bits per heavy atom. The van der Waals surface area contributed by atoms with Crippen LogP contribution in [0.4, 0.5) is 5.95 Å². The van der Waals surface area contributed by atoms with Crippen LogP contribution >= 0.6 is 11.8 Å². The number of aromatic nitrogens is 3. The molecule has 78 valence electrons. The summed E-state index contributed by atoms with van der Waals surface area (Å²) in [7, 11) is 1.87. The van der Waals surface area contributed by atoms with Gasteiger partial charge in [-0.1, -0.05) is 18.2 Å². The summed E-state index contributed by atoms with van der Waals surface area (Å²) in [5, 5.41) is 9.16. The Morgan fingerprint density at radius 3 is 2.71 bits per heavy atom. The smallest absolute Gasteiger partial charge is 0.222 e. The van der Waals surface area contributed by atoms with E-state index in [1.54, 1.807) is 16.3 Å². The van der Waals surface area contributed by atoms with Crippen LogP contribution in [-0.4, -0.2) is 26.1 Å². The van der Waals surface area contributed by atoms with E-state index in [4.69, 9.17) is 11.5 Å². The average molecular weight is 213 g/mol. The van der Waals surface area contributed by atoms with Gasteiger partial charge in [-0.05, 0) is 12.8 Å². The number of rotatable bonds is 2. The summed E-state index contributed by atoms with van der Waals surface area (Å²) in [4.78, 5) is 0. The van der Waals surface area contributed by atoms with E-state index in [1.165, 1.54) is 12.8 Å². The molecule has 2 unspecified atom stereocenters. The molecule has 4 N–H and O–H groups in total. The molecule has 0 spiro atoms. The molecule has 1 aliphatic rings. The number of nitrogens with zero attached hydrogens (tertiary/aromatic N) is 3. The van der Waals surface area contributed by atoms with Gasteiger partial charge >= 0.3 is 0 Å². The number of hydrogen-bond donors (Lipinski definition) is 2. The third-order valence-electron chi connectivity index (χ3n) is 2.63. The van der Waals surface area contributed by atoms with Crippen molar-refractivity contribution in [2.45, 2.75) is 35.7 Å². The van der Waals surface area contributed by atoms with E-state index in [1.807, 2.05) is 7.05 Å². The highest BCUT2D eigenvalue weighted by molar-refractivity contribution is 7.99. The maximum atomic E-state index is 5.97. The molecule has 1 aromatic rings. The minimum Gasteiger partial charge on any atom is -0.368 e. The molecule has 6 heteroatoms. The molecule has 14 heavy (non-hydrogen) atoms. The predicted molar refractivity (Wildman–Crippen MR) is 56.9 cm³/mol. The zero-order valence-electron chi connectivity index (χ0n) is 8.18. The van der Waals surface area contributed by atoms with Gasteiger partial charge in [0, 0.05) is 18.3 Å². The van der Waals surface area contributed by atoms with Crippen LogP contribution in [-0.2, 0) is 7.05 Å². The number of nitrogen functional groups attached to an aromatic ring is 1. The normalized spacial score (nSPS) is 27.0. The molecule has 2 rings (SSSR count). The maximum absolute atomic E-state index is 5.97. The monoisotopic (exact) mass is 213 g/mol.